The van der Waals surface area contributed by atoms with Gasteiger partial charge in [-0.25, -0.2) is 19.6 Å². The molecule has 0 spiro atoms. The Morgan fingerprint density at radius 1 is 1.00 bits per heavy atom. The number of rotatable bonds is 9. The Hall–Kier alpha value is -4.60. The summed E-state index contributed by atoms with van der Waals surface area (Å²) < 4.78 is 16.2. The predicted molar refractivity (Wildman–Crippen MR) is 189 cm³/mol. The fourth-order valence-corrected chi connectivity index (χ4v) is 5.91. The van der Waals surface area contributed by atoms with Crippen LogP contribution in [0.15, 0.2) is 36.7 Å². The maximum Gasteiger partial charge on any atom is 0.423 e. The van der Waals surface area contributed by atoms with Gasteiger partial charge >= 0.3 is 12.1 Å². The Kier molecular flexibility index (Phi) is 11.6. The largest absolute Gasteiger partial charge is 0.495 e. The van der Waals surface area contributed by atoms with Crippen LogP contribution in [-0.4, -0.2) is 92.0 Å². The Balaban J connectivity index is 1.66. The fraction of sp³-hybridized carbons (Fsp3) is 0.438. The highest BCUT2D eigenvalue weighted by molar-refractivity contribution is 6.43. The first kappa shape index (κ1) is 37.2. The molecular weight excluding hydrogens is 679 g/mol. The lowest BCUT2D eigenvalue weighted by Crippen LogP contribution is -2.47. The second kappa shape index (κ2) is 15.3. The minimum atomic E-state index is -1.09. The molecular formula is C32H40Cl2N8O7. The maximum atomic E-state index is 14.1. The van der Waals surface area contributed by atoms with Crippen LogP contribution in [0.3, 0.4) is 0 Å². The second-order valence-electron chi connectivity index (χ2n) is 12.4. The van der Waals surface area contributed by atoms with E-state index in [9.17, 15) is 19.7 Å². The van der Waals surface area contributed by atoms with E-state index in [0.29, 0.717) is 10.9 Å². The molecule has 0 saturated carbocycles. The molecule has 1 fully saturated rings. The first-order valence-electron chi connectivity index (χ1n) is 15.3. The van der Waals surface area contributed by atoms with Crippen LogP contribution >= 0.6 is 23.2 Å². The smallest absolute Gasteiger partial charge is 0.423 e. The Labute approximate surface area is 294 Å². The molecule has 1 saturated heterocycles. The molecule has 1 aliphatic rings. The number of aromatic nitrogens is 2. The van der Waals surface area contributed by atoms with E-state index in [0.717, 1.165) is 36.5 Å². The standard InChI is InChI=1S/C32H40Cl2N8O7/c1-32(2,3)49-31(44)41(29-27(33)23(47-7)16-24(48-8)28(29)34)30(43)39(6)26-17-25(35-18-36-26)37-21-10-9-20(15-22(21)42(45)46)40-13-11-19(12-14-40)38(4)5/h9-10,15-19H,11-14H2,1-8H3,(H,35,36,37). The van der Waals surface area contributed by atoms with Crippen LogP contribution in [0.25, 0.3) is 0 Å². The zero-order valence-corrected chi connectivity index (χ0v) is 30.1. The van der Waals surface area contributed by atoms with Gasteiger partial charge in [0.1, 0.15) is 56.5 Å². The van der Waals surface area contributed by atoms with Crippen LogP contribution in [0.4, 0.5) is 44.0 Å². The number of nitrogens with zero attached hydrogens (tertiary/aromatic N) is 7. The van der Waals surface area contributed by atoms with Crippen LogP contribution in [0, 0.1) is 10.1 Å². The van der Waals surface area contributed by atoms with Gasteiger partial charge in [-0.05, 0) is 59.8 Å². The van der Waals surface area contributed by atoms with Crippen LogP contribution in [-0.2, 0) is 4.74 Å². The van der Waals surface area contributed by atoms with Crippen LogP contribution in [0.5, 0.6) is 11.5 Å². The highest BCUT2D eigenvalue weighted by Gasteiger charge is 2.37. The van der Waals surface area contributed by atoms with Crippen molar-refractivity contribution in [1.82, 2.24) is 14.9 Å². The van der Waals surface area contributed by atoms with E-state index < -0.39 is 22.6 Å². The lowest BCUT2D eigenvalue weighted by atomic mass is 10.0. The molecule has 3 aromatic rings. The van der Waals surface area contributed by atoms with Gasteiger partial charge in [-0.2, -0.15) is 4.90 Å². The fourth-order valence-electron chi connectivity index (χ4n) is 5.24. The third-order valence-corrected chi connectivity index (χ3v) is 8.56. The lowest BCUT2D eigenvalue weighted by molar-refractivity contribution is -0.383. The van der Waals surface area contributed by atoms with Gasteiger partial charge < -0.3 is 29.3 Å². The molecule has 2 aromatic carbocycles. The first-order chi connectivity index (χ1) is 23.1. The summed E-state index contributed by atoms with van der Waals surface area (Å²) in [7, 11) is 8.18. The van der Waals surface area contributed by atoms with Crippen LogP contribution in [0.1, 0.15) is 33.6 Å². The molecule has 0 radical (unpaired) electrons. The molecule has 0 atom stereocenters. The summed E-state index contributed by atoms with van der Waals surface area (Å²) >= 11 is 13.2. The Morgan fingerprint density at radius 3 is 2.14 bits per heavy atom. The SMILES string of the molecule is COc1cc(OC)c(Cl)c(N(C(=O)OC(C)(C)C)C(=O)N(C)c2cc(Nc3ccc(N4CCC(N(C)C)CC4)cc3[N+](=O)[O-])ncn2)c1Cl. The summed E-state index contributed by atoms with van der Waals surface area (Å²) in [5.41, 5.74) is -0.455. The average molecular weight is 720 g/mol. The Morgan fingerprint density at radius 2 is 1.61 bits per heavy atom. The monoisotopic (exact) mass is 718 g/mol. The van der Waals surface area contributed by atoms with Crippen LogP contribution in [0.2, 0.25) is 10.0 Å². The number of carbonyl (C=O) groups is 2. The van der Waals surface area contributed by atoms with E-state index in [2.05, 4.69) is 39.2 Å². The number of nitro benzene ring substituents is 1. The van der Waals surface area contributed by atoms with E-state index >= 15 is 0 Å². The second-order valence-corrected chi connectivity index (χ2v) is 13.2. The van der Waals surface area contributed by atoms with Gasteiger partial charge in [0.05, 0.1) is 19.1 Å². The van der Waals surface area contributed by atoms with Gasteiger partial charge in [0, 0.05) is 50.1 Å². The van der Waals surface area contributed by atoms with Gasteiger partial charge in [-0.3, -0.25) is 15.0 Å². The number of benzene rings is 2. The number of piperidine rings is 1. The highest BCUT2D eigenvalue weighted by atomic mass is 35.5. The summed E-state index contributed by atoms with van der Waals surface area (Å²) in [6, 6.07) is 7.29. The number of anilines is 5. The van der Waals surface area contributed by atoms with Crippen molar-refractivity contribution >= 4 is 69.7 Å². The third-order valence-electron chi connectivity index (χ3n) is 7.83. The number of imide groups is 1. The highest BCUT2D eigenvalue weighted by Crippen LogP contribution is 2.47. The molecule has 49 heavy (non-hydrogen) atoms. The summed E-state index contributed by atoms with van der Waals surface area (Å²) in [6.45, 7) is 6.46. The molecule has 0 unspecified atom stereocenters. The first-order valence-corrected chi connectivity index (χ1v) is 16.0. The van der Waals surface area contributed by atoms with Gasteiger partial charge in [0.2, 0.25) is 0 Å². The van der Waals surface area contributed by atoms with E-state index in [1.54, 1.807) is 26.8 Å². The molecule has 264 valence electrons. The predicted octanol–water partition coefficient (Wildman–Crippen LogP) is 6.98. The molecule has 1 N–H and O–H groups in total. The van der Waals surface area contributed by atoms with Crippen molar-refractivity contribution < 1.29 is 28.7 Å². The van der Waals surface area contributed by atoms with Crippen molar-refractivity contribution in [2.75, 3.05) is 68.5 Å². The number of methoxy groups -OCH3 is 2. The van der Waals surface area contributed by atoms with E-state index in [-0.39, 0.29) is 50.2 Å². The maximum absolute atomic E-state index is 14.1. The number of ether oxygens (including phenoxy) is 3. The summed E-state index contributed by atoms with van der Waals surface area (Å²) in [6.07, 6.45) is 1.98. The van der Waals surface area contributed by atoms with Gasteiger partial charge in [0.15, 0.2) is 0 Å². The molecule has 1 aliphatic heterocycles. The lowest BCUT2D eigenvalue weighted by Gasteiger charge is -2.36. The summed E-state index contributed by atoms with van der Waals surface area (Å²) in [5.74, 6) is 0.346. The van der Waals surface area contributed by atoms with E-state index in [1.165, 1.54) is 45.8 Å². The molecule has 3 amide bonds. The number of nitrogens with one attached hydrogen (secondary N) is 1. The van der Waals surface area contributed by atoms with E-state index in [4.69, 9.17) is 37.4 Å². The number of halogens is 2. The third kappa shape index (κ3) is 8.53. The number of urea groups is 1. The van der Waals surface area contributed by atoms with Crippen molar-refractivity contribution in [1.29, 1.82) is 0 Å². The van der Waals surface area contributed by atoms with Gasteiger partial charge in [-0.15, -0.1) is 0 Å². The number of nitro groups is 1. The van der Waals surface area contributed by atoms with E-state index in [1.807, 2.05) is 6.07 Å². The zero-order valence-electron chi connectivity index (χ0n) is 28.6. The van der Waals surface area contributed by atoms with Crippen molar-refractivity contribution in [2.45, 2.75) is 45.3 Å². The molecule has 0 bridgehead atoms. The molecule has 4 rings (SSSR count). The zero-order chi connectivity index (χ0) is 36.2. The minimum Gasteiger partial charge on any atom is -0.495 e. The number of carbonyl (C=O) groups excluding carboxylic acids is 2. The van der Waals surface area contributed by atoms with Gasteiger partial charge in [0.25, 0.3) is 5.69 Å². The molecule has 1 aromatic heterocycles. The van der Waals surface area contributed by atoms with Crippen molar-refractivity contribution in [3.8, 4) is 11.5 Å². The minimum absolute atomic E-state index is 0.0289. The molecule has 17 heteroatoms. The van der Waals surface area contributed by atoms with Crippen molar-refractivity contribution in [2.24, 2.45) is 0 Å². The quantitative estimate of drug-likeness (QED) is 0.179. The molecule has 0 aliphatic carbocycles. The van der Waals surface area contributed by atoms with Crippen molar-refractivity contribution in [3.05, 3.63) is 56.8 Å². The van der Waals surface area contributed by atoms with Gasteiger partial charge in [-0.1, -0.05) is 23.2 Å². The average Bonchev–Trinajstić information content (AvgIpc) is 3.05. The summed E-state index contributed by atoms with van der Waals surface area (Å²) in [4.78, 5) is 53.8. The van der Waals surface area contributed by atoms with Crippen LogP contribution < -0.4 is 29.5 Å². The number of hydrogen-bond acceptors (Lipinski definition) is 12. The normalized spacial score (nSPS) is 13.6. The molecule has 15 nitrogen and oxygen atoms in total. The Bertz CT molecular complexity index is 1680. The topological polar surface area (TPSA) is 156 Å². The summed E-state index contributed by atoms with van der Waals surface area (Å²) in [5, 5.41) is 14.8. The van der Waals surface area contributed by atoms with Crippen molar-refractivity contribution in [3.63, 3.8) is 0 Å². The number of amides is 3. The number of hydrogen-bond donors (Lipinski definition) is 1. The molecule has 2 heterocycles.